The molecule has 1 aromatic rings. The number of rotatable bonds is 14. The van der Waals surface area contributed by atoms with Crippen LogP contribution in [0.25, 0.3) is 0 Å². The number of aromatic nitrogens is 2. The van der Waals surface area contributed by atoms with Gasteiger partial charge < -0.3 is 42.0 Å². The zero-order valence-corrected chi connectivity index (χ0v) is 18.6. The van der Waals surface area contributed by atoms with Crippen molar-refractivity contribution < 1.29 is 39.3 Å². The van der Waals surface area contributed by atoms with Gasteiger partial charge in [0.15, 0.2) is 0 Å². The molecule has 0 fully saturated rings. The number of thiol groups is 1. The topological polar surface area (TPSA) is 237 Å². The van der Waals surface area contributed by atoms with Gasteiger partial charge in [-0.15, -0.1) is 0 Å². The summed E-state index contributed by atoms with van der Waals surface area (Å²) in [6, 6.07) is -5.31. The van der Waals surface area contributed by atoms with Crippen molar-refractivity contribution in [1.82, 2.24) is 25.9 Å². The Morgan fingerprint density at radius 2 is 1.64 bits per heavy atom. The first-order valence-electron chi connectivity index (χ1n) is 9.83. The molecule has 0 saturated carbocycles. The Balaban J connectivity index is 2.97. The molecular formula is C18H28N6O8S. The number of nitrogens with one attached hydrogen (secondary N) is 4. The fourth-order valence-corrected chi connectivity index (χ4v) is 2.83. The molecule has 0 radical (unpaired) electrons. The lowest BCUT2D eigenvalue weighted by molar-refractivity contribution is -0.143. The molecule has 184 valence electrons. The Kier molecular flexibility index (Phi) is 11.3. The molecular weight excluding hydrogens is 460 g/mol. The van der Waals surface area contributed by atoms with Gasteiger partial charge in [-0.2, -0.15) is 12.6 Å². The summed E-state index contributed by atoms with van der Waals surface area (Å²) < 4.78 is 0. The summed E-state index contributed by atoms with van der Waals surface area (Å²) in [7, 11) is 0. The minimum Gasteiger partial charge on any atom is -0.481 e. The second-order valence-corrected chi connectivity index (χ2v) is 7.55. The maximum Gasteiger partial charge on any atom is 0.326 e. The van der Waals surface area contributed by atoms with E-state index in [0.717, 1.165) is 0 Å². The number of hydrogen-bond donors (Lipinski definition) is 9. The van der Waals surface area contributed by atoms with Crippen LogP contribution in [0.3, 0.4) is 0 Å². The minimum atomic E-state index is -1.50. The van der Waals surface area contributed by atoms with Crippen molar-refractivity contribution in [2.45, 2.75) is 56.5 Å². The van der Waals surface area contributed by atoms with E-state index >= 15 is 0 Å². The molecule has 1 aromatic heterocycles. The van der Waals surface area contributed by atoms with Crippen LogP contribution in [0.4, 0.5) is 0 Å². The van der Waals surface area contributed by atoms with Crippen molar-refractivity contribution in [3.05, 3.63) is 18.2 Å². The Morgan fingerprint density at radius 3 is 2.12 bits per heavy atom. The van der Waals surface area contributed by atoms with Gasteiger partial charge >= 0.3 is 11.9 Å². The number of carbonyl (C=O) groups excluding carboxylic acids is 3. The van der Waals surface area contributed by atoms with Crippen molar-refractivity contribution in [2.24, 2.45) is 5.73 Å². The summed E-state index contributed by atoms with van der Waals surface area (Å²) in [5.41, 5.74) is 5.98. The maximum atomic E-state index is 12.8. The highest BCUT2D eigenvalue weighted by Crippen LogP contribution is 2.04. The predicted molar refractivity (Wildman–Crippen MR) is 116 cm³/mol. The van der Waals surface area contributed by atoms with Crippen LogP contribution >= 0.6 is 12.6 Å². The Labute approximate surface area is 194 Å². The van der Waals surface area contributed by atoms with Gasteiger partial charge in [0.05, 0.1) is 12.4 Å². The Hall–Kier alpha value is -3.17. The highest BCUT2D eigenvalue weighted by molar-refractivity contribution is 7.80. The van der Waals surface area contributed by atoms with Gasteiger partial charge in [0, 0.05) is 30.5 Å². The number of hydrogen-bond acceptors (Lipinski definition) is 9. The number of nitrogens with two attached hydrogens (primary N) is 1. The van der Waals surface area contributed by atoms with Crippen LogP contribution in [-0.4, -0.2) is 91.0 Å². The fourth-order valence-electron chi connectivity index (χ4n) is 2.58. The molecule has 0 aromatic carbocycles. The standard InChI is InChI=1S/C18H28N6O8S/c1-8(25)14(19)17(30)24-12(6-33)16(29)23-11(4-9-5-20-7-21-9)15(28)22-10(18(31)32)2-3-13(26)27/h5,7-8,10-12,14,25,33H,2-4,6,19H2,1H3,(H,20,21)(H,22,28)(H,23,29)(H,24,30)(H,26,27)(H,31,32). The van der Waals surface area contributed by atoms with Crippen molar-refractivity contribution in [3.8, 4) is 0 Å². The third-order valence-electron chi connectivity index (χ3n) is 4.51. The number of carboxylic acids is 2. The molecule has 0 saturated heterocycles. The average molecular weight is 489 g/mol. The van der Waals surface area contributed by atoms with Crippen LogP contribution in [0, 0.1) is 0 Å². The van der Waals surface area contributed by atoms with E-state index in [1.807, 2.05) is 0 Å². The molecule has 1 rings (SSSR count). The van der Waals surface area contributed by atoms with E-state index in [2.05, 4.69) is 38.5 Å². The molecule has 33 heavy (non-hydrogen) atoms. The Morgan fingerprint density at radius 1 is 1.06 bits per heavy atom. The largest absolute Gasteiger partial charge is 0.481 e. The van der Waals surface area contributed by atoms with Gasteiger partial charge in [0.25, 0.3) is 0 Å². The number of carboxylic acid groups (broad SMARTS) is 2. The number of amides is 3. The molecule has 0 aliphatic carbocycles. The zero-order chi connectivity index (χ0) is 25.1. The van der Waals surface area contributed by atoms with Gasteiger partial charge in [-0.1, -0.05) is 0 Å². The quantitative estimate of drug-likeness (QED) is 0.120. The number of aromatic amines is 1. The van der Waals surface area contributed by atoms with E-state index in [1.165, 1.54) is 19.4 Å². The fraction of sp³-hybridized carbons (Fsp3) is 0.556. The first kappa shape index (κ1) is 27.9. The van der Waals surface area contributed by atoms with Crippen LogP contribution in [0.5, 0.6) is 0 Å². The first-order valence-corrected chi connectivity index (χ1v) is 10.5. The molecule has 5 atom stereocenters. The summed E-state index contributed by atoms with van der Waals surface area (Å²) in [5.74, 6) is -5.36. The number of imidazole rings is 1. The summed E-state index contributed by atoms with van der Waals surface area (Å²) in [5, 5.41) is 34.4. The molecule has 15 heteroatoms. The molecule has 5 unspecified atom stereocenters. The monoisotopic (exact) mass is 488 g/mol. The molecule has 1 heterocycles. The number of aliphatic carboxylic acids is 2. The molecule has 3 amide bonds. The normalized spacial score (nSPS) is 15.4. The Bertz CT molecular complexity index is 834. The van der Waals surface area contributed by atoms with Crippen LogP contribution in [0.2, 0.25) is 0 Å². The predicted octanol–water partition coefficient (Wildman–Crippen LogP) is -3.01. The van der Waals surface area contributed by atoms with Crippen molar-refractivity contribution in [2.75, 3.05) is 5.75 Å². The van der Waals surface area contributed by atoms with E-state index in [9.17, 15) is 34.2 Å². The van der Waals surface area contributed by atoms with Crippen molar-refractivity contribution in [1.29, 1.82) is 0 Å². The molecule has 14 nitrogen and oxygen atoms in total. The number of nitrogens with zero attached hydrogens (tertiary/aromatic N) is 1. The lowest BCUT2D eigenvalue weighted by atomic mass is 10.1. The highest BCUT2D eigenvalue weighted by Gasteiger charge is 2.31. The van der Waals surface area contributed by atoms with Crippen molar-refractivity contribution >= 4 is 42.3 Å². The minimum absolute atomic E-state index is 0.108. The smallest absolute Gasteiger partial charge is 0.326 e. The second kappa shape index (κ2) is 13.4. The van der Waals surface area contributed by atoms with Crippen LogP contribution < -0.4 is 21.7 Å². The number of carbonyl (C=O) groups is 5. The van der Waals surface area contributed by atoms with Crippen LogP contribution in [0.1, 0.15) is 25.5 Å². The van der Waals surface area contributed by atoms with Gasteiger partial charge in [-0.3, -0.25) is 19.2 Å². The molecule has 0 aliphatic heterocycles. The molecule has 0 spiro atoms. The zero-order valence-electron chi connectivity index (χ0n) is 17.7. The van der Waals surface area contributed by atoms with E-state index < -0.39 is 66.4 Å². The third kappa shape index (κ3) is 9.46. The second-order valence-electron chi connectivity index (χ2n) is 7.18. The number of aliphatic hydroxyl groups is 1. The summed E-state index contributed by atoms with van der Waals surface area (Å²) in [4.78, 5) is 66.2. The maximum absolute atomic E-state index is 12.8. The molecule has 0 bridgehead atoms. The summed E-state index contributed by atoms with van der Waals surface area (Å²) in [6.45, 7) is 1.30. The SMILES string of the molecule is CC(O)C(N)C(=O)NC(CS)C(=O)NC(Cc1cnc[nH]1)C(=O)NC(CCC(=O)O)C(=O)O. The molecule has 0 aliphatic rings. The summed E-state index contributed by atoms with van der Waals surface area (Å²) in [6.07, 6.45) is 0.591. The number of aliphatic hydroxyl groups excluding tert-OH is 1. The lowest BCUT2D eigenvalue weighted by Gasteiger charge is -2.24. The third-order valence-corrected chi connectivity index (χ3v) is 4.88. The lowest BCUT2D eigenvalue weighted by Crippen LogP contribution is -2.59. The van der Waals surface area contributed by atoms with E-state index in [4.69, 9.17) is 10.8 Å². The number of H-pyrrole nitrogens is 1. The van der Waals surface area contributed by atoms with Gasteiger partial charge in [0.2, 0.25) is 17.7 Å². The van der Waals surface area contributed by atoms with Gasteiger partial charge in [-0.05, 0) is 13.3 Å². The van der Waals surface area contributed by atoms with E-state index in [1.54, 1.807) is 0 Å². The van der Waals surface area contributed by atoms with Crippen LogP contribution in [0.15, 0.2) is 12.5 Å². The average Bonchev–Trinajstić information content (AvgIpc) is 3.25. The highest BCUT2D eigenvalue weighted by atomic mass is 32.1. The van der Waals surface area contributed by atoms with Crippen LogP contribution in [-0.2, 0) is 30.4 Å². The van der Waals surface area contributed by atoms with E-state index in [0.29, 0.717) is 5.69 Å². The van der Waals surface area contributed by atoms with E-state index in [-0.39, 0.29) is 18.6 Å². The van der Waals surface area contributed by atoms with Crippen molar-refractivity contribution in [3.63, 3.8) is 0 Å². The van der Waals surface area contributed by atoms with Gasteiger partial charge in [-0.25, -0.2) is 9.78 Å². The summed E-state index contributed by atoms with van der Waals surface area (Å²) >= 11 is 4.01. The van der Waals surface area contributed by atoms with Gasteiger partial charge in [0.1, 0.15) is 24.2 Å². The molecule has 9 N–H and O–H groups in total. The first-order chi connectivity index (χ1) is 15.5.